The topological polar surface area (TPSA) is 17.1 Å². The van der Waals surface area contributed by atoms with Crippen molar-refractivity contribution in [2.24, 2.45) is 0 Å². The first kappa shape index (κ1) is 15.2. The molecule has 2 heteroatoms. The van der Waals surface area contributed by atoms with Gasteiger partial charge in [-0.3, -0.25) is 4.79 Å². The highest BCUT2D eigenvalue weighted by atomic mass is 127. The summed E-state index contributed by atoms with van der Waals surface area (Å²) in [6, 6.07) is 15.7. The fourth-order valence-electron chi connectivity index (χ4n) is 2.22. The van der Waals surface area contributed by atoms with Crippen LogP contribution in [0.3, 0.4) is 0 Å². The average Bonchev–Trinajstić information content (AvgIpc) is 2.48. The Morgan fingerprint density at radius 1 is 1.05 bits per heavy atom. The normalized spacial score (nSPS) is 10.5. The van der Waals surface area contributed by atoms with E-state index in [0.717, 1.165) is 21.1 Å². The molecule has 0 unspecified atom stereocenters. The second-order valence-corrected chi connectivity index (χ2v) is 6.13. The number of benzene rings is 2. The zero-order valence-corrected chi connectivity index (χ0v) is 13.9. The Labute approximate surface area is 134 Å². The van der Waals surface area contributed by atoms with E-state index in [4.69, 9.17) is 0 Å². The predicted octanol–water partition coefficient (Wildman–Crippen LogP) is 5.25. The molecule has 0 saturated heterocycles. The Morgan fingerprint density at radius 2 is 1.80 bits per heavy atom. The summed E-state index contributed by atoms with van der Waals surface area (Å²) in [5.41, 5.74) is 2.88. The molecule has 0 heterocycles. The number of rotatable bonds is 6. The summed E-state index contributed by atoms with van der Waals surface area (Å²) in [5.74, 6) is 0.107. The average molecular weight is 378 g/mol. The third-order valence-electron chi connectivity index (χ3n) is 3.38. The molecule has 2 aromatic rings. The molecule has 2 rings (SSSR count). The van der Waals surface area contributed by atoms with Gasteiger partial charge in [-0.1, -0.05) is 56.2 Å². The van der Waals surface area contributed by atoms with Crippen molar-refractivity contribution < 1.29 is 4.79 Å². The minimum absolute atomic E-state index is 0.107. The highest BCUT2D eigenvalue weighted by Gasteiger charge is 2.12. The minimum atomic E-state index is 0.107. The van der Waals surface area contributed by atoms with Gasteiger partial charge in [-0.05, 0) is 53.1 Å². The Balaban J connectivity index is 2.15. The van der Waals surface area contributed by atoms with Crippen LogP contribution in [0.15, 0.2) is 48.5 Å². The summed E-state index contributed by atoms with van der Waals surface area (Å²) in [4.78, 5) is 12.4. The third-order valence-corrected chi connectivity index (χ3v) is 4.28. The molecule has 0 fully saturated rings. The fraction of sp³-hybridized carbons (Fsp3) is 0.278. The van der Waals surface area contributed by atoms with Crippen molar-refractivity contribution in [1.29, 1.82) is 0 Å². The molecule has 2 aromatic carbocycles. The Hall–Kier alpha value is -1.16. The lowest BCUT2D eigenvalue weighted by molar-refractivity contribution is 0.103. The van der Waals surface area contributed by atoms with Crippen LogP contribution in [0.5, 0.6) is 0 Å². The summed E-state index contributed by atoms with van der Waals surface area (Å²) in [6.07, 6.45) is 4.82. The van der Waals surface area contributed by atoms with Gasteiger partial charge in [-0.15, -0.1) is 0 Å². The SMILES string of the molecule is CCCCCc1ccc(C(=O)c2ccccc2)c(I)c1. The van der Waals surface area contributed by atoms with Gasteiger partial charge >= 0.3 is 0 Å². The van der Waals surface area contributed by atoms with Crippen LogP contribution in [-0.2, 0) is 6.42 Å². The Bertz CT molecular complexity index is 575. The lowest BCUT2D eigenvalue weighted by atomic mass is 10.0. The third kappa shape index (κ3) is 3.92. The predicted molar refractivity (Wildman–Crippen MR) is 92.3 cm³/mol. The van der Waals surface area contributed by atoms with Crippen molar-refractivity contribution >= 4 is 28.4 Å². The lowest BCUT2D eigenvalue weighted by Gasteiger charge is -2.07. The minimum Gasteiger partial charge on any atom is -0.289 e. The smallest absolute Gasteiger partial charge is 0.194 e. The van der Waals surface area contributed by atoms with Crippen molar-refractivity contribution in [2.75, 3.05) is 0 Å². The monoisotopic (exact) mass is 378 g/mol. The number of hydrogen-bond acceptors (Lipinski definition) is 1. The second kappa shape index (κ2) is 7.58. The largest absolute Gasteiger partial charge is 0.289 e. The molecule has 0 spiro atoms. The van der Waals surface area contributed by atoms with E-state index in [2.05, 4.69) is 41.6 Å². The number of carbonyl (C=O) groups excluding carboxylic acids is 1. The van der Waals surface area contributed by atoms with E-state index >= 15 is 0 Å². The van der Waals surface area contributed by atoms with E-state index < -0.39 is 0 Å². The van der Waals surface area contributed by atoms with Gasteiger partial charge in [-0.25, -0.2) is 0 Å². The summed E-state index contributed by atoms with van der Waals surface area (Å²) in [7, 11) is 0. The number of halogens is 1. The highest BCUT2D eigenvalue weighted by molar-refractivity contribution is 14.1. The summed E-state index contributed by atoms with van der Waals surface area (Å²) < 4.78 is 1.05. The maximum absolute atomic E-state index is 12.4. The van der Waals surface area contributed by atoms with Crippen LogP contribution in [0.2, 0.25) is 0 Å². The van der Waals surface area contributed by atoms with Crippen molar-refractivity contribution in [2.45, 2.75) is 32.6 Å². The van der Waals surface area contributed by atoms with Crippen LogP contribution in [-0.4, -0.2) is 5.78 Å². The first-order valence-corrected chi connectivity index (χ1v) is 8.18. The van der Waals surface area contributed by atoms with E-state index in [9.17, 15) is 4.79 Å². The van der Waals surface area contributed by atoms with Gasteiger partial charge in [0.25, 0.3) is 0 Å². The molecule has 0 atom stereocenters. The number of carbonyl (C=O) groups is 1. The van der Waals surface area contributed by atoms with Gasteiger partial charge in [0.2, 0.25) is 0 Å². The van der Waals surface area contributed by atoms with Crippen LogP contribution < -0.4 is 0 Å². The van der Waals surface area contributed by atoms with E-state index in [1.54, 1.807) is 0 Å². The number of aryl methyl sites for hydroxylation is 1. The lowest BCUT2D eigenvalue weighted by Crippen LogP contribution is -2.04. The van der Waals surface area contributed by atoms with Crippen molar-refractivity contribution in [3.8, 4) is 0 Å². The van der Waals surface area contributed by atoms with E-state index in [-0.39, 0.29) is 5.78 Å². The van der Waals surface area contributed by atoms with Gasteiger partial charge in [0, 0.05) is 14.7 Å². The van der Waals surface area contributed by atoms with E-state index in [0.29, 0.717) is 0 Å². The molecule has 0 bridgehead atoms. The zero-order chi connectivity index (χ0) is 14.4. The van der Waals surface area contributed by atoms with E-state index in [1.807, 2.05) is 36.4 Å². The van der Waals surface area contributed by atoms with Gasteiger partial charge in [0.05, 0.1) is 0 Å². The molecule has 104 valence electrons. The first-order valence-electron chi connectivity index (χ1n) is 7.10. The summed E-state index contributed by atoms with van der Waals surface area (Å²) in [5, 5.41) is 0. The van der Waals surface area contributed by atoms with Gasteiger partial charge < -0.3 is 0 Å². The molecular formula is C18H19IO. The van der Waals surface area contributed by atoms with Crippen molar-refractivity contribution in [3.05, 3.63) is 68.8 Å². The Kier molecular flexibility index (Phi) is 5.77. The number of ketones is 1. The van der Waals surface area contributed by atoms with Gasteiger partial charge in [-0.2, -0.15) is 0 Å². The molecule has 0 aliphatic heterocycles. The van der Waals surface area contributed by atoms with Crippen molar-refractivity contribution in [3.63, 3.8) is 0 Å². The maximum atomic E-state index is 12.4. The molecule has 1 nitrogen and oxygen atoms in total. The fourth-order valence-corrected chi connectivity index (χ4v) is 3.05. The quantitative estimate of drug-likeness (QED) is 0.381. The van der Waals surface area contributed by atoms with Crippen molar-refractivity contribution in [1.82, 2.24) is 0 Å². The molecule has 0 amide bonds. The molecule has 0 aliphatic carbocycles. The van der Waals surface area contributed by atoms with Crippen LogP contribution in [0.25, 0.3) is 0 Å². The molecule has 0 saturated carbocycles. The maximum Gasteiger partial charge on any atom is 0.194 e. The molecule has 0 aliphatic rings. The van der Waals surface area contributed by atoms with Crippen LogP contribution in [0.1, 0.15) is 47.7 Å². The van der Waals surface area contributed by atoms with Crippen LogP contribution >= 0.6 is 22.6 Å². The summed E-state index contributed by atoms with van der Waals surface area (Å²) in [6.45, 7) is 2.21. The molecule has 0 N–H and O–H groups in total. The standard InChI is InChI=1S/C18H19IO/c1-2-3-5-8-14-11-12-16(17(19)13-14)18(20)15-9-6-4-7-10-15/h4,6-7,9-13H,2-3,5,8H2,1H3. The molecular weight excluding hydrogens is 359 g/mol. The summed E-state index contributed by atoms with van der Waals surface area (Å²) >= 11 is 2.27. The van der Waals surface area contributed by atoms with Crippen LogP contribution in [0, 0.1) is 3.57 Å². The molecule has 20 heavy (non-hydrogen) atoms. The highest BCUT2D eigenvalue weighted by Crippen LogP contribution is 2.19. The number of hydrogen-bond donors (Lipinski definition) is 0. The molecule has 0 radical (unpaired) electrons. The van der Waals surface area contributed by atoms with Crippen LogP contribution in [0.4, 0.5) is 0 Å². The zero-order valence-electron chi connectivity index (χ0n) is 11.7. The number of unbranched alkanes of at least 4 members (excludes halogenated alkanes) is 2. The van der Waals surface area contributed by atoms with E-state index in [1.165, 1.54) is 24.8 Å². The Morgan fingerprint density at radius 3 is 2.45 bits per heavy atom. The van der Waals surface area contributed by atoms with Gasteiger partial charge in [0.15, 0.2) is 5.78 Å². The second-order valence-electron chi connectivity index (χ2n) is 4.97. The molecule has 0 aromatic heterocycles. The first-order chi connectivity index (χ1) is 9.72. The van der Waals surface area contributed by atoms with Gasteiger partial charge in [0.1, 0.15) is 0 Å².